The summed E-state index contributed by atoms with van der Waals surface area (Å²) in [7, 11) is -5.40. The zero-order valence-electron chi connectivity index (χ0n) is 15.2. The molecule has 4 nitrogen and oxygen atoms in total. The van der Waals surface area contributed by atoms with Crippen molar-refractivity contribution in [2.75, 3.05) is 13.3 Å². The molecule has 0 heterocycles. The fourth-order valence-corrected chi connectivity index (χ4v) is 4.16. The number of halogens is 3. The summed E-state index contributed by atoms with van der Waals surface area (Å²) in [5.74, 6) is 0.662. The highest BCUT2D eigenvalue weighted by atomic mass is 32.2. The molecular weight excluding hydrogens is 343 g/mol. The summed E-state index contributed by atoms with van der Waals surface area (Å²) in [6, 6.07) is 0. The average Bonchev–Trinajstić information content (AvgIpc) is 2.83. The van der Waals surface area contributed by atoms with Crippen LogP contribution in [0.15, 0.2) is 0 Å². The topological polar surface area (TPSA) is 46.6 Å². The van der Waals surface area contributed by atoms with E-state index in [9.17, 15) is 21.6 Å². The van der Waals surface area contributed by atoms with E-state index in [1.54, 1.807) is 20.8 Å². The maximum absolute atomic E-state index is 13.0. The van der Waals surface area contributed by atoms with Gasteiger partial charge in [0.05, 0.1) is 5.60 Å². The largest absolute Gasteiger partial charge is 0.511 e. The Morgan fingerprint density at radius 1 is 1.04 bits per heavy atom. The van der Waals surface area contributed by atoms with Crippen molar-refractivity contribution in [1.82, 2.24) is 4.31 Å². The Hall–Kier alpha value is -0.340. The van der Waals surface area contributed by atoms with Gasteiger partial charge < -0.3 is 4.74 Å². The standard InChI is InChI=1S/C16H30F3NO3S/c1-6-12-8-13(7-2)14(9-12)10-20(11-23-15(3,4)5)24(21,22)16(17,18)19/h12-14H,6-11H2,1-5H3. The van der Waals surface area contributed by atoms with E-state index in [-0.39, 0.29) is 18.4 Å². The number of ether oxygens (including phenoxy) is 1. The van der Waals surface area contributed by atoms with Crippen molar-refractivity contribution in [3.05, 3.63) is 0 Å². The molecule has 0 radical (unpaired) electrons. The van der Waals surface area contributed by atoms with Gasteiger partial charge in [0, 0.05) is 6.54 Å². The van der Waals surface area contributed by atoms with E-state index in [1.807, 2.05) is 6.92 Å². The van der Waals surface area contributed by atoms with Crippen molar-refractivity contribution in [1.29, 1.82) is 0 Å². The zero-order chi connectivity index (χ0) is 18.8. The number of hydrogen-bond donors (Lipinski definition) is 0. The van der Waals surface area contributed by atoms with Gasteiger partial charge in [-0.2, -0.15) is 17.5 Å². The number of nitrogens with zero attached hydrogens (tertiary/aromatic N) is 1. The summed E-state index contributed by atoms with van der Waals surface area (Å²) in [6.07, 6.45) is 3.55. The Labute approximate surface area is 143 Å². The SMILES string of the molecule is CCC1CC(CC)C(CN(COC(C)(C)C)S(=O)(=O)C(F)(F)F)C1. The molecule has 1 saturated carbocycles. The van der Waals surface area contributed by atoms with Crippen LogP contribution >= 0.6 is 0 Å². The van der Waals surface area contributed by atoms with Crippen molar-refractivity contribution >= 4 is 10.0 Å². The third-order valence-corrected chi connectivity index (χ3v) is 6.27. The molecule has 0 spiro atoms. The molecule has 24 heavy (non-hydrogen) atoms. The third-order valence-electron chi connectivity index (χ3n) is 4.75. The molecule has 0 amide bonds. The second-order valence-corrected chi connectivity index (χ2v) is 9.57. The van der Waals surface area contributed by atoms with Gasteiger partial charge in [-0.1, -0.05) is 26.7 Å². The second-order valence-electron chi connectivity index (χ2n) is 7.65. The van der Waals surface area contributed by atoms with Crippen LogP contribution in [0.1, 0.15) is 60.3 Å². The first kappa shape index (κ1) is 21.7. The summed E-state index contributed by atoms with van der Waals surface area (Å²) >= 11 is 0. The van der Waals surface area contributed by atoms with Crippen LogP contribution in [-0.2, 0) is 14.8 Å². The predicted octanol–water partition coefficient (Wildman–Crippen LogP) is 4.37. The molecule has 3 unspecified atom stereocenters. The molecule has 0 aromatic carbocycles. The summed E-state index contributed by atoms with van der Waals surface area (Å²) in [4.78, 5) is 0. The van der Waals surface area contributed by atoms with Gasteiger partial charge in [-0.15, -0.1) is 0 Å². The van der Waals surface area contributed by atoms with E-state index in [1.165, 1.54) is 0 Å². The first-order chi connectivity index (χ1) is 10.8. The molecular formula is C16H30F3NO3S. The van der Waals surface area contributed by atoms with Gasteiger partial charge in [-0.25, -0.2) is 8.42 Å². The summed E-state index contributed by atoms with van der Waals surface area (Å²) < 4.78 is 68.7. The van der Waals surface area contributed by atoms with Crippen LogP contribution in [0.4, 0.5) is 13.2 Å². The molecule has 0 N–H and O–H groups in total. The number of rotatable bonds is 7. The fourth-order valence-electron chi connectivity index (χ4n) is 3.29. The van der Waals surface area contributed by atoms with Gasteiger partial charge in [-0.3, -0.25) is 0 Å². The monoisotopic (exact) mass is 373 g/mol. The number of alkyl halides is 3. The van der Waals surface area contributed by atoms with Crippen molar-refractivity contribution in [3.8, 4) is 0 Å². The molecule has 0 aromatic rings. The Morgan fingerprint density at radius 2 is 1.58 bits per heavy atom. The predicted molar refractivity (Wildman–Crippen MR) is 87.7 cm³/mol. The molecule has 144 valence electrons. The molecule has 0 aromatic heterocycles. The minimum Gasteiger partial charge on any atom is -0.359 e. The Morgan fingerprint density at radius 3 is 2.00 bits per heavy atom. The lowest BCUT2D eigenvalue weighted by molar-refractivity contribution is -0.0693. The Balaban J connectivity index is 2.97. The van der Waals surface area contributed by atoms with Crippen molar-refractivity contribution in [3.63, 3.8) is 0 Å². The van der Waals surface area contributed by atoms with Gasteiger partial charge in [0.25, 0.3) is 0 Å². The average molecular weight is 373 g/mol. The highest BCUT2D eigenvalue weighted by Gasteiger charge is 2.51. The van der Waals surface area contributed by atoms with Crippen LogP contribution in [-0.4, -0.2) is 37.1 Å². The number of hydrogen-bond acceptors (Lipinski definition) is 3. The van der Waals surface area contributed by atoms with E-state index < -0.39 is 27.9 Å². The maximum Gasteiger partial charge on any atom is 0.511 e. The van der Waals surface area contributed by atoms with Gasteiger partial charge >= 0.3 is 15.5 Å². The highest BCUT2D eigenvalue weighted by Crippen LogP contribution is 2.41. The lowest BCUT2D eigenvalue weighted by Gasteiger charge is -2.30. The van der Waals surface area contributed by atoms with Crippen LogP contribution < -0.4 is 0 Å². The first-order valence-corrected chi connectivity index (χ1v) is 9.96. The molecule has 0 bridgehead atoms. The summed E-state index contributed by atoms with van der Waals surface area (Å²) in [5, 5.41) is 0. The smallest absolute Gasteiger partial charge is 0.359 e. The molecule has 8 heteroatoms. The van der Waals surface area contributed by atoms with E-state index in [4.69, 9.17) is 4.74 Å². The van der Waals surface area contributed by atoms with Crippen LogP contribution in [0.3, 0.4) is 0 Å². The van der Waals surface area contributed by atoms with Crippen LogP contribution in [0, 0.1) is 17.8 Å². The van der Waals surface area contributed by atoms with Crippen LogP contribution in [0.5, 0.6) is 0 Å². The number of sulfonamides is 1. The second kappa shape index (κ2) is 7.91. The summed E-state index contributed by atoms with van der Waals surface area (Å²) in [5.41, 5.74) is -6.02. The molecule has 0 aliphatic heterocycles. The molecule has 3 atom stereocenters. The first-order valence-electron chi connectivity index (χ1n) is 8.52. The van der Waals surface area contributed by atoms with Crippen molar-refractivity contribution < 1.29 is 26.3 Å². The minimum absolute atomic E-state index is 0.0550. The van der Waals surface area contributed by atoms with Crippen molar-refractivity contribution in [2.45, 2.75) is 71.4 Å². The normalized spacial score (nSPS) is 26.3. The lowest BCUT2D eigenvalue weighted by atomic mass is 9.94. The van der Waals surface area contributed by atoms with E-state index >= 15 is 0 Å². The fraction of sp³-hybridized carbons (Fsp3) is 1.00. The molecule has 0 saturated heterocycles. The molecule has 1 aliphatic rings. The van der Waals surface area contributed by atoms with E-state index in [0.29, 0.717) is 10.2 Å². The Bertz CT molecular complexity index is 500. The minimum atomic E-state index is -5.40. The summed E-state index contributed by atoms with van der Waals surface area (Å²) in [6.45, 7) is 8.41. The molecule has 1 aliphatic carbocycles. The van der Waals surface area contributed by atoms with Crippen LogP contribution in [0.25, 0.3) is 0 Å². The zero-order valence-corrected chi connectivity index (χ0v) is 16.0. The van der Waals surface area contributed by atoms with Gasteiger partial charge in [-0.05, 0) is 51.4 Å². The highest BCUT2D eigenvalue weighted by molar-refractivity contribution is 7.89. The van der Waals surface area contributed by atoms with Gasteiger partial charge in [0.1, 0.15) is 6.73 Å². The molecule has 1 rings (SSSR count). The maximum atomic E-state index is 13.0. The third kappa shape index (κ3) is 5.59. The van der Waals surface area contributed by atoms with Crippen molar-refractivity contribution in [2.24, 2.45) is 17.8 Å². The quantitative estimate of drug-likeness (QED) is 0.623. The van der Waals surface area contributed by atoms with Gasteiger partial charge in [0.15, 0.2) is 0 Å². The Kier molecular flexibility index (Phi) is 7.15. The van der Waals surface area contributed by atoms with Crippen LogP contribution in [0.2, 0.25) is 0 Å². The lowest BCUT2D eigenvalue weighted by Crippen LogP contribution is -2.46. The van der Waals surface area contributed by atoms with Gasteiger partial charge in [0.2, 0.25) is 0 Å². The van der Waals surface area contributed by atoms with E-state index in [2.05, 4.69) is 6.92 Å². The molecule has 1 fully saturated rings. The van der Waals surface area contributed by atoms with E-state index in [0.717, 1.165) is 25.7 Å².